The zero-order chi connectivity index (χ0) is 12.8. The molecule has 3 heteroatoms. The molecular weight excluding hydrogens is 224 g/mol. The molecule has 1 aliphatic rings. The fourth-order valence-electron chi connectivity index (χ4n) is 2.41. The Labute approximate surface area is 110 Å². The van der Waals surface area contributed by atoms with Crippen molar-refractivity contribution in [2.24, 2.45) is 0 Å². The lowest BCUT2D eigenvalue weighted by molar-refractivity contribution is 0.176. The molecule has 1 aromatic rings. The first-order chi connectivity index (χ1) is 8.79. The Morgan fingerprint density at radius 2 is 1.94 bits per heavy atom. The van der Waals surface area contributed by atoms with Crippen LogP contribution in [-0.2, 0) is 0 Å². The lowest BCUT2D eigenvalue weighted by atomic mass is 10.1. The number of nitrogens with one attached hydrogen (secondary N) is 1. The molecule has 100 valence electrons. The molecule has 0 aromatic carbocycles. The van der Waals surface area contributed by atoms with E-state index in [9.17, 15) is 0 Å². The first-order valence-corrected chi connectivity index (χ1v) is 7.09. The summed E-state index contributed by atoms with van der Waals surface area (Å²) >= 11 is 0. The van der Waals surface area contributed by atoms with E-state index < -0.39 is 0 Å². The summed E-state index contributed by atoms with van der Waals surface area (Å²) in [4.78, 5) is 4.41. The Bertz CT molecular complexity index is 342. The number of aromatic nitrogens is 1. The summed E-state index contributed by atoms with van der Waals surface area (Å²) in [6.45, 7) is 2.13. The highest BCUT2D eigenvalue weighted by molar-refractivity contribution is 5.20. The SMILES string of the molecule is CNC(C)c1ccc(OC2CCCCCC2)nc1. The Balaban J connectivity index is 1.92. The highest BCUT2D eigenvalue weighted by atomic mass is 16.5. The van der Waals surface area contributed by atoms with Crippen LogP contribution in [0.5, 0.6) is 5.88 Å². The number of hydrogen-bond acceptors (Lipinski definition) is 3. The van der Waals surface area contributed by atoms with E-state index in [1.807, 2.05) is 19.3 Å². The molecule has 1 unspecified atom stereocenters. The Kier molecular flexibility index (Phi) is 5.00. The minimum atomic E-state index is 0.337. The van der Waals surface area contributed by atoms with E-state index in [0.717, 1.165) is 5.88 Å². The van der Waals surface area contributed by atoms with Crippen LogP contribution >= 0.6 is 0 Å². The predicted octanol–water partition coefficient (Wildman–Crippen LogP) is 3.46. The molecule has 3 nitrogen and oxygen atoms in total. The van der Waals surface area contributed by atoms with Gasteiger partial charge in [-0.2, -0.15) is 0 Å². The lowest BCUT2D eigenvalue weighted by Crippen LogP contribution is -2.16. The molecule has 0 radical (unpaired) electrons. The number of rotatable bonds is 4. The van der Waals surface area contributed by atoms with Crippen molar-refractivity contribution in [2.75, 3.05) is 7.05 Å². The topological polar surface area (TPSA) is 34.1 Å². The van der Waals surface area contributed by atoms with Crippen molar-refractivity contribution in [3.63, 3.8) is 0 Å². The van der Waals surface area contributed by atoms with Crippen LogP contribution in [0.1, 0.15) is 57.1 Å². The van der Waals surface area contributed by atoms with Crippen molar-refractivity contribution in [1.82, 2.24) is 10.3 Å². The summed E-state index contributed by atoms with van der Waals surface area (Å²) in [5, 5.41) is 3.21. The van der Waals surface area contributed by atoms with Gasteiger partial charge in [-0.25, -0.2) is 4.98 Å². The van der Waals surface area contributed by atoms with Gasteiger partial charge in [0.1, 0.15) is 6.10 Å². The van der Waals surface area contributed by atoms with E-state index in [-0.39, 0.29) is 0 Å². The Morgan fingerprint density at radius 1 is 1.22 bits per heavy atom. The molecule has 0 amide bonds. The molecule has 1 aliphatic carbocycles. The molecule has 2 rings (SSSR count). The quantitative estimate of drug-likeness (QED) is 0.829. The van der Waals surface area contributed by atoms with Gasteiger partial charge in [-0.1, -0.05) is 18.9 Å². The number of pyridine rings is 1. The summed E-state index contributed by atoms with van der Waals surface area (Å²) in [6, 6.07) is 4.43. The summed E-state index contributed by atoms with van der Waals surface area (Å²) in [7, 11) is 1.96. The predicted molar refractivity (Wildman–Crippen MR) is 73.8 cm³/mol. The Morgan fingerprint density at radius 3 is 2.50 bits per heavy atom. The van der Waals surface area contributed by atoms with Gasteiger partial charge in [-0.3, -0.25) is 0 Å². The van der Waals surface area contributed by atoms with Crippen molar-refractivity contribution in [3.05, 3.63) is 23.9 Å². The maximum atomic E-state index is 5.97. The fraction of sp³-hybridized carbons (Fsp3) is 0.667. The van der Waals surface area contributed by atoms with Crippen molar-refractivity contribution in [1.29, 1.82) is 0 Å². The van der Waals surface area contributed by atoms with E-state index in [1.165, 1.54) is 44.1 Å². The van der Waals surface area contributed by atoms with Gasteiger partial charge in [0.05, 0.1) is 0 Å². The third kappa shape index (κ3) is 3.70. The highest BCUT2D eigenvalue weighted by Crippen LogP contribution is 2.22. The molecule has 1 fully saturated rings. The fourth-order valence-corrected chi connectivity index (χ4v) is 2.41. The van der Waals surface area contributed by atoms with E-state index >= 15 is 0 Å². The molecule has 18 heavy (non-hydrogen) atoms. The van der Waals surface area contributed by atoms with Gasteiger partial charge in [0, 0.05) is 18.3 Å². The third-order valence-electron chi connectivity index (χ3n) is 3.78. The monoisotopic (exact) mass is 248 g/mol. The molecule has 1 N–H and O–H groups in total. The molecule has 0 bridgehead atoms. The smallest absolute Gasteiger partial charge is 0.213 e. The summed E-state index contributed by atoms with van der Waals surface area (Å²) in [6.07, 6.45) is 9.92. The number of nitrogens with zero attached hydrogens (tertiary/aromatic N) is 1. The molecule has 1 heterocycles. The molecule has 0 aliphatic heterocycles. The van der Waals surface area contributed by atoms with Crippen molar-refractivity contribution in [2.45, 2.75) is 57.6 Å². The normalized spacial score (nSPS) is 19.2. The van der Waals surface area contributed by atoms with Crippen LogP contribution in [0.25, 0.3) is 0 Å². The van der Waals surface area contributed by atoms with Crippen LogP contribution in [0, 0.1) is 0 Å². The maximum Gasteiger partial charge on any atom is 0.213 e. The van der Waals surface area contributed by atoms with Crippen LogP contribution in [0.3, 0.4) is 0 Å². The molecule has 0 spiro atoms. The van der Waals surface area contributed by atoms with Crippen molar-refractivity contribution < 1.29 is 4.74 Å². The average molecular weight is 248 g/mol. The minimum Gasteiger partial charge on any atom is -0.474 e. The second-order valence-electron chi connectivity index (χ2n) is 5.17. The first-order valence-electron chi connectivity index (χ1n) is 7.09. The van der Waals surface area contributed by atoms with Gasteiger partial charge < -0.3 is 10.1 Å². The van der Waals surface area contributed by atoms with E-state index in [4.69, 9.17) is 4.74 Å². The molecule has 1 aromatic heterocycles. The van der Waals surface area contributed by atoms with Gasteiger partial charge >= 0.3 is 0 Å². The first kappa shape index (κ1) is 13.3. The standard InChI is InChI=1S/C15H24N2O/c1-12(16-2)13-9-10-15(17-11-13)18-14-7-5-3-4-6-8-14/h9-12,14,16H,3-8H2,1-2H3. The van der Waals surface area contributed by atoms with Crippen LogP contribution in [0.15, 0.2) is 18.3 Å². The maximum absolute atomic E-state index is 5.97. The molecule has 0 saturated heterocycles. The van der Waals surface area contributed by atoms with Gasteiger partial charge in [0.2, 0.25) is 5.88 Å². The summed E-state index contributed by atoms with van der Waals surface area (Å²) < 4.78 is 5.97. The zero-order valence-corrected chi connectivity index (χ0v) is 11.5. The van der Waals surface area contributed by atoms with Crippen LogP contribution < -0.4 is 10.1 Å². The van der Waals surface area contributed by atoms with Crippen molar-refractivity contribution in [3.8, 4) is 5.88 Å². The van der Waals surface area contributed by atoms with Crippen LogP contribution in [0.4, 0.5) is 0 Å². The number of hydrogen-bond donors (Lipinski definition) is 1. The van der Waals surface area contributed by atoms with Crippen LogP contribution in [0.2, 0.25) is 0 Å². The van der Waals surface area contributed by atoms with Gasteiger partial charge in [0.15, 0.2) is 0 Å². The second kappa shape index (κ2) is 6.74. The Hall–Kier alpha value is -1.09. The lowest BCUT2D eigenvalue weighted by Gasteiger charge is -2.17. The van der Waals surface area contributed by atoms with E-state index in [0.29, 0.717) is 12.1 Å². The largest absolute Gasteiger partial charge is 0.474 e. The van der Waals surface area contributed by atoms with E-state index in [1.54, 1.807) is 0 Å². The highest BCUT2D eigenvalue weighted by Gasteiger charge is 2.14. The van der Waals surface area contributed by atoms with Crippen molar-refractivity contribution >= 4 is 0 Å². The molecule has 1 saturated carbocycles. The van der Waals surface area contributed by atoms with Crippen LogP contribution in [-0.4, -0.2) is 18.1 Å². The van der Waals surface area contributed by atoms with Gasteiger partial charge in [0.25, 0.3) is 0 Å². The molecule has 1 atom stereocenters. The number of ether oxygens (including phenoxy) is 1. The average Bonchev–Trinajstić information content (AvgIpc) is 2.67. The van der Waals surface area contributed by atoms with Gasteiger partial charge in [-0.05, 0) is 45.2 Å². The third-order valence-corrected chi connectivity index (χ3v) is 3.78. The second-order valence-corrected chi connectivity index (χ2v) is 5.17. The minimum absolute atomic E-state index is 0.337. The molecular formula is C15H24N2O. The summed E-state index contributed by atoms with van der Waals surface area (Å²) in [5.41, 5.74) is 1.20. The van der Waals surface area contributed by atoms with Gasteiger partial charge in [-0.15, -0.1) is 0 Å². The zero-order valence-electron chi connectivity index (χ0n) is 11.5. The summed E-state index contributed by atoms with van der Waals surface area (Å²) in [5.74, 6) is 0.772. The van der Waals surface area contributed by atoms with E-state index in [2.05, 4.69) is 23.3 Å².